The molecule has 0 aliphatic carbocycles. The number of hydrogen-bond acceptors (Lipinski definition) is 5. The van der Waals surface area contributed by atoms with E-state index in [1.54, 1.807) is 25.3 Å². The number of fused-ring (bicyclic) bond motifs is 1. The lowest BCUT2D eigenvalue weighted by molar-refractivity contribution is 0.112. The number of halogens is 1. The highest BCUT2D eigenvalue weighted by molar-refractivity contribution is 9.09. The van der Waals surface area contributed by atoms with Crippen LogP contribution in [-0.2, 0) is 4.74 Å². The first-order chi connectivity index (χ1) is 12.7. The lowest BCUT2D eigenvalue weighted by atomic mass is 10.1. The molecule has 0 amide bonds. The fraction of sp³-hybridized carbons (Fsp3) is 0.250. The third kappa shape index (κ3) is 4.45. The quantitative estimate of drug-likeness (QED) is 0.404. The van der Waals surface area contributed by atoms with Gasteiger partial charge in [-0.25, -0.2) is 0 Å². The molecule has 0 spiro atoms. The van der Waals surface area contributed by atoms with Gasteiger partial charge in [0, 0.05) is 17.0 Å². The maximum atomic E-state index is 12.5. The van der Waals surface area contributed by atoms with Crippen molar-refractivity contribution in [2.45, 2.75) is 0 Å². The van der Waals surface area contributed by atoms with Crippen LogP contribution in [0.5, 0.6) is 11.5 Å². The first kappa shape index (κ1) is 18.5. The molecule has 2 aromatic carbocycles. The monoisotopic (exact) mass is 418 g/mol. The van der Waals surface area contributed by atoms with Crippen molar-refractivity contribution in [2.75, 3.05) is 32.3 Å². The lowest BCUT2D eigenvalue weighted by Gasteiger charge is -2.08. The van der Waals surface area contributed by atoms with Crippen molar-refractivity contribution in [3.63, 3.8) is 0 Å². The van der Waals surface area contributed by atoms with E-state index in [2.05, 4.69) is 15.9 Å². The van der Waals surface area contributed by atoms with E-state index < -0.39 is 0 Å². The van der Waals surface area contributed by atoms with Gasteiger partial charge < -0.3 is 18.6 Å². The molecule has 0 radical (unpaired) electrons. The van der Waals surface area contributed by atoms with Gasteiger partial charge >= 0.3 is 0 Å². The number of ether oxygens (including phenoxy) is 3. The van der Waals surface area contributed by atoms with Crippen LogP contribution in [0.15, 0.2) is 57.7 Å². The molecule has 3 rings (SSSR count). The minimum absolute atomic E-state index is 0.113. The summed E-state index contributed by atoms with van der Waals surface area (Å²) >= 11 is 3.29. The normalized spacial score (nSPS) is 10.8. The number of rotatable bonds is 8. The van der Waals surface area contributed by atoms with Crippen LogP contribution in [0.2, 0.25) is 0 Å². The van der Waals surface area contributed by atoms with E-state index in [4.69, 9.17) is 18.6 Å². The molecule has 26 heavy (non-hydrogen) atoms. The van der Waals surface area contributed by atoms with E-state index in [-0.39, 0.29) is 5.43 Å². The Morgan fingerprint density at radius 3 is 2.46 bits per heavy atom. The SMILES string of the molecule is COc1ccc(-c2cc(=O)c3cc(OCCOCCBr)ccc3o2)cc1. The van der Waals surface area contributed by atoms with Gasteiger partial charge in [-0.3, -0.25) is 4.79 Å². The first-order valence-electron chi connectivity index (χ1n) is 8.20. The van der Waals surface area contributed by atoms with E-state index >= 15 is 0 Å². The van der Waals surface area contributed by atoms with E-state index in [0.29, 0.717) is 42.3 Å². The second-order valence-electron chi connectivity index (χ2n) is 5.51. The number of methoxy groups -OCH3 is 1. The van der Waals surface area contributed by atoms with Crippen molar-refractivity contribution in [3.05, 3.63) is 58.8 Å². The van der Waals surface area contributed by atoms with Gasteiger partial charge in [-0.15, -0.1) is 0 Å². The Hall–Kier alpha value is -2.31. The highest BCUT2D eigenvalue weighted by Crippen LogP contribution is 2.26. The molecule has 6 heteroatoms. The van der Waals surface area contributed by atoms with Gasteiger partial charge in [-0.2, -0.15) is 0 Å². The van der Waals surface area contributed by atoms with Crippen LogP contribution in [0.25, 0.3) is 22.3 Å². The maximum Gasteiger partial charge on any atom is 0.193 e. The van der Waals surface area contributed by atoms with Crippen LogP contribution in [0.4, 0.5) is 0 Å². The van der Waals surface area contributed by atoms with E-state index in [9.17, 15) is 4.79 Å². The van der Waals surface area contributed by atoms with E-state index in [1.165, 1.54) is 6.07 Å². The summed E-state index contributed by atoms with van der Waals surface area (Å²) in [5, 5.41) is 1.28. The van der Waals surface area contributed by atoms with Crippen LogP contribution in [-0.4, -0.2) is 32.3 Å². The zero-order chi connectivity index (χ0) is 18.4. The minimum Gasteiger partial charge on any atom is -0.497 e. The summed E-state index contributed by atoms with van der Waals surface area (Å²) < 4.78 is 22.0. The Kier molecular flexibility index (Phi) is 6.30. The average molecular weight is 419 g/mol. The first-order valence-corrected chi connectivity index (χ1v) is 9.32. The summed E-state index contributed by atoms with van der Waals surface area (Å²) in [6, 6.07) is 14.1. The average Bonchev–Trinajstić information content (AvgIpc) is 2.68. The van der Waals surface area contributed by atoms with Gasteiger partial charge in [0.2, 0.25) is 0 Å². The van der Waals surface area contributed by atoms with Crippen LogP contribution in [0, 0.1) is 0 Å². The standard InChI is InChI=1S/C20H19BrO5/c1-23-15-4-2-14(3-5-15)20-13-18(22)17-12-16(6-7-19(17)26-20)25-11-10-24-9-8-21/h2-7,12-13H,8-11H2,1H3. The van der Waals surface area contributed by atoms with Crippen molar-refractivity contribution in [3.8, 4) is 22.8 Å². The molecule has 136 valence electrons. The van der Waals surface area contributed by atoms with Crippen molar-refractivity contribution in [2.24, 2.45) is 0 Å². The molecule has 0 saturated carbocycles. The maximum absolute atomic E-state index is 12.5. The molecular formula is C20H19BrO5. The van der Waals surface area contributed by atoms with Crippen LogP contribution in [0.3, 0.4) is 0 Å². The van der Waals surface area contributed by atoms with Gasteiger partial charge in [0.15, 0.2) is 5.43 Å². The fourth-order valence-electron chi connectivity index (χ4n) is 2.50. The second kappa shape index (κ2) is 8.87. The Morgan fingerprint density at radius 1 is 0.962 bits per heavy atom. The third-order valence-electron chi connectivity index (χ3n) is 3.79. The number of alkyl halides is 1. The summed E-state index contributed by atoms with van der Waals surface area (Å²) in [7, 11) is 1.61. The summed E-state index contributed by atoms with van der Waals surface area (Å²) in [5.41, 5.74) is 1.22. The molecule has 0 fully saturated rings. The zero-order valence-corrected chi connectivity index (χ0v) is 16.0. The molecule has 1 aromatic heterocycles. The third-order valence-corrected chi connectivity index (χ3v) is 4.11. The highest BCUT2D eigenvalue weighted by atomic mass is 79.9. The van der Waals surface area contributed by atoms with Crippen molar-refractivity contribution in [1.29, 1.82) is 0 Å². The zero-order valence-electron chi connectivity index (χ0n) is 14.4. The Morgan fingerprint density at radius 2 is 1.73 bits per heavy atom. The summed E-state index contributed by atoms with van der Waals surface area (Å²) in [6.45, 7) is 1.56. The Balaban J connectivity index is 1.80. The summed E-state index contributed by atoms with van der Waals surface area (Å²) in [4.78, 5) is 12.5. The number of benzene rings is 2. The smallest absolute Gasteiger partial charge is 0.193 e. The van der Waals surface area contributed by atoms with E-state index in [0.717, 1.165) is 16.6 Å². The fourth-order valence-corrected chi connectivity index (χ4v) is 2.73. The van der Waals surface area contributed by atoms with E-state index in [1.807, 2.05) is 24.3 Å². The van der Waals surface area contributed by atoms with Gasteiger partial charge in [0.1, 0.15) is 29.4 Å². The predicted molar refractivity (Wildman–Crippen MR) is 105 cm³/mol. The molecule has 0 saturated heterocycles. The van der Waals surface area contributed by atoms with Crippen molar-refractivity contribution >= 4 is 26.9 Å². The minimum atomic E-state index is -0.113. The van der Waals surface area contributed by atoms with Gasteiger partial charge in [-0.1, -0.05) is 15.9 Å². The summed E-state index contributed by atoms with van der Waals surface area (Å²) in [5.74, 6) is 1.88. The largest absolute Gasteiger partial charge is 0.497 e. The van der Waals surface area contributed by atoms with Crippen molar-refractivity contribution in [1.82, 2.24) is 0 Å². The van der Waals surface area contributed by atoms with Gasteiger partial charge in [0.25, 0.3) is 0 Å². The molecule has 0 atom stereocenters. The highest BCUT2D eigenvalue weighted by Gasteiger charge is 2.08. The molecule has 0 aliphatic heterocycles. The van der Waals surface area contributed by atoms with Crippen LogP contribution in [0.1, 0.15) is 0 Å². The Labute approximate surface area is 159 Å². The lowest BCUT2D eigenvalue weighted by Crippen LogP contribution is -2.08. The van der Waals surface area contributed by atoms with Crippen LogP contribution < -0.4 is 14.9 Å². The topological polar surface area (TPSA) is 57.9 Å². The van der Waals surface area contributed by atoms with Gasteiger partial charge in [-0.05, 0) is 42.5 Å². The predicted octanol–water partition coefficient (Wildman–Crippen LogP) is 4.26. The molecule has 5 nitrogen and oxygen atoms in total. The number of hydrogen-bond donors (Lipinski definition) is 0. The second-order valence-corrected chi connectivity index (χ2v) is 6.30. The molecule has 0 aliphatic rings. The molecule has 3 aromatic rings. The molecular weight excluding hydrogens is 400 g/mol. The van der Waals surface area contributed by atoms with Crippen molar-refractivity contribution < 1.29 is 18.6 Å². The molecule has 0 bridgehead atoms. The molecule has 1 heterocycles. The van der Waals surface area contributed by atoms with Gasteiger partial charge in [0.05, 0.1) is 25.7 Å². The summed E-state index contributed by atoms with van der Waals surface area (Å²) in [6.07, 6.45) is 0. The Bertz CT molecular complexity index is 918. The molecule has 0 unspecified atom stereocenters. The molecule has 0 N–H and O–H groups in total. The van der Waals surface area contributed by atoms with Crippen LogP contribution >= 0.6 is 15.9 Å².